The van der Waals surface area contributed by atoms with Crippen LogP contribution in [0, 0.1) is 0 Å². The molecule has 0 N–H and O–H groups in total. The zero-order valence-electron chi connectivity index (χ0n) is 14.4. The van der Waals surface area contributed by atoms with E-state index in [1.165, 1.54) is 0 Å². The van der Waals surface area contributed by atoms with Crippen LogP contribution in [0.15, 0.2) is 47.4 Å². The molecule has 23 heavy (non-hydrogen) atoms. The molecule has 1 aromatic carbocycles. The van der Waals surface area contributed by atoms with E-state index in [4.69, 9.17) is 16.0 Å². The van der Waals surface area contributed by atoms with Gasteiger partial charge in [-0.05, 0) is 48.0 Å². The molecule has 0 aliphatic carbocycles. The summed E-state index contributed by atoms with van der Waals surface area (Å²) in [5.74, 6) is 0. The molecule has 2 rings (SSSR count). The predicted molar refractivity (Wildman–Crippen MR) is 99.0 cm³/mol. The number of nitrogens with zero attached hydrogens (tertiary/aromatic N) is 1. The molecule has 0 radical (unpaired) electrons. The highest BCUT2D eigenvalue weighted by Crippen LogP contribution is 2.36. The minimum absolute atomic E-state index is 0.0800. The molecule has 0 atom stereocenters. The summed E-state index contributed by atoms with van der Waals surface area (Å²) in [5, 5.41) is 0.766. The Balaban J connectivity index is 2.19. The molecule has 0 spiro atoms. The van der Waals surface area contributed by atoms with Gasteiger partial charge in [-0.15, -0.1) is 0 Å². The van der Waals surface area contributed by atoms with Crippen LogP contribution < -0.4 is 5.56 Å². The Morgan fingerprint density at radius 2 is 1.87 bits per heavy atom. The van der Waals surface area contributed by atoms with Crippen LogP contribution in [0.1, 0.15) is 26.3 Å². The average molecular weight is 350 g/mol. The number of rotatable bonds is 4. The van der Waals surface area contributed by atoms with Crippen molar-refractivity contribution < 1.29 is 4.43 Å². The van der Waals surface area contributed by atoms with Gasteiger partial charge in [0.15, 0.2) is 8.32 Å². The third kappa shape index (κ3) is 4.34. The maximum atomic E-state index is 12.3. The number of hydrogen-bond acceptors (Lipinski definition) is 2. The van der Waals surface area contributed by atoms with Crippen LogP contribution in [-0.2, 0) is 11.0 Å². The second-order valence-electron chi connectivity index (χ2n) is 7.27. The van der Waals surface area contributed by atoms with Crippen LogP contribution in [0.3, 0.4) is 0 Å². The van der Waals surface area contributed by atoms with Gasteiger partial charge < -0.3 is 4.43 Å². The second-order valence-corrected chi connectivity index (χ2v) is 12.5. The first-order valence-corrected chi connectivity index (χ1v) is 11.0. The van der Waals surface area contributed by atoms with E-state index in [1.54, 1.807) is 29.0 Å². The Bertz CT molecular complexity index is 747. The number of benzene rings is 1. The molecule has 0 fully saturated rings. The van der Waals surface area contributed by atoms with E-state index in [0.717, 1.165) is 11.3 Å². The third-order valence-corrected chi connectivity index (χ3v) is 9.19. The summed E-state index contributed by atoms with van der Waals surface area (Å²) in [5.41, 5.74) is 1.58. The van der Waals surface area contributed by atoms with E-state index in [2.05, 4.69) is 33.9 Å². The number of pyridine rings is 1. The van der Waals surface area contributed by atoms with E-state index in [9.17, 15) is 4.79 Å². The fourth-order valence-electron chi connectivity index (χ4n) is 1.93. The topological polar surface area (TPSA) is 31.2 Å². The maximum absolute atomic E-state index is 12.3. The molecule has 1 aromatic heterocycles. The van der Waals surface area contributed by atoms with Crippen LogP contribution in [-0.4, -0.2) is 12.9 Å². The van der Waals surface area contributed by atoms with Crippen LogP contribution in [0.2, 0.25) is 23.2 Å². The molecule has 0 amide bonds. The minimum Gasteiger partial charge on any atom is -0.413 e. The van der Waals surface area contributed by atoms with Crippen molar-refractivity contribution in [2.24, 2.45) is 0 Å². The first-order chi connectivity index (χ1) is 10.6. The molecule has 0 aliphatic rings. The minimum atomic E-state index is -1.82. The van der Waals surface area contributed by atoms with Crippen molar-refractivity contribution in [3.8, 4) is 5.69 Å². The van der Waals surface area contributed by atoms with Crippen LogP contribution in [0.5, 0.6) is 0 Å². The summed E-state index contributed by atoms with van der Waals surface area (Å²) in [6.45, 7) is 11.5. The van der Waals surface area contributed by atoms with Gasteiger partial charge in [0.25, 0.3) is 5.56 Å². The number of hydrogen-bond donors (Lipinski definition) is 0. The average Bonchev–Trinajstić information content (AvgIpc) is 2.44. The predicted octanol–water partition coefficient (Wildman–Crippen LogP) is 5.01. The molecular weight excluding hydrogens is 326 g/mol. The molecule has 0 unspecified atom stereocenters. The normalized spacial score (nSPS) is 12.4. The van der Waals surface area contributed by atoms with Gasteiger partial charge in [0.05, 0.1) is 12.3 Å². The molecule has 124 valence electrons. The van der Waals surface area contributed by atoms with Gasteiger partial charge in [-0.3, -0.25) is 9.36 Å². The van der Waals surface area contributed by atoms with Crippen molar-refractivity contribution >= 4 is 19.9 Å². The van der Waals surface area contributed by atoms with E-state index < -0.39 is 8.32 Å². The fourth-order valence-corrected chi connectivity index (χ4v) is 3.07. The zero-order chi connectivity index (χ0) is 17.3. The maximum Gasteiger partial charge on any atom is 0.255 e. The monoisotopic (exact) mass is 349 g/mol. The summed E-state index contributed by atoms with van der Waals surface area (Å²) in [7, 11) is -1.82. The van der Waals surface area contributed by atoms with Crippen molar-refractivity contribution in [3.05, 3.63) is 63.5 Å². The van der Waals surface area contributed by atoms with Gasteiger partial charge in [-0.1, -0.05) is 38.4 Å². The Morgan fingerprint density at radius 1 is 1.17 bits per heavy atom. The largest absolute Gasteiger partial charge is 0.413 e. The van der Waals surface area contributed by atoms with Crippen molar-refractivity contribution in [2.45, 2.75) is 45.5 Å². The Labute approximate surface area is 144 Å². The molecule has 1 heterocycles. The van der Waals surface area contributed by atoms with Gasteiger partial charge in [-0.2, -0.15) is 0 Å². The molecule has 2 aromatic rings. The fraction of sp³-hybridized carbons (Fsp3) is 0.389. The molecule has 0 aliphatic heterocycles. The van der Waals surface area contributed by atoms with Crippen LogP contribution in [0.25, 0.3) is 5.69 Å². The standard InChI is InChI=1S/C18H24ClNO2Si/c1-18(2,3)23(4,5)22-13-14-9-10-20(17(21)11-14)16-8-6-7-15(19)12-16/h6-12H,13H2,1-5H3. The summed E-state index contributed by atoms with van der Waals surface area (Å²) in [4.78, 5) is 12.3. The zero-order valence-corrected chi connectivity index (χ0v) is 16.1. The van der Waals surface area contributed by atoms with E-state index >= 15 is 0 Å². The summed E-state index contributed by atoms with van der Waals surface area (Å²) < 4.78 is 7.75. The third-order valence-electron chi connectivity index (χ3n) is 4.48. The number of halogens is 1. The quantitative estimate of drug-likeness (QED) is 0.726. The summed E-state index contributed by atoms with van der Waals surface area (Å²) >= 11 is 5.99. The number of aromatic nitrogens is 1. The van der Waals surface area contributed by atoms with Crippen molar-refractivity contribution in [3.63, 3.8) is 0 Å². The molecule has 3 nitrogen and oxygen atoms in total. The van der Waals surface area contributed by atoms with Gasteiger partial charge in [0.2, 0.25) is 0 Å². The van der Waals surface area contributed by atoms with Crippen molar-refractivity contribution in [1.82, 2.24) is 4.57 Å². The lowest BCUT2D eigenvalue weighted by atomic mass is 10.2. The highest BCUT2D eigenvalue weighted by Gasteiger charge is 2.37. The van der Waals surface area contributed by atoms with E-state index in [-0.39, 0.29) is 10.6 Å². The van der Waals surface area contributed by atoms with Gasteiger partial charge >= 0.3 is 0 Å². The lowest BCUT2D eigenvalue weighted by Gasteiger charge is -2.36. The Hall–Kier alpha value is -1.36. The lowest BCUT2D eigenvalue weighted by molar-refractivity contribution is 0.276. The SMILES string of the molecule is CC(C)(C)[Si](C)(C)OCc1ccn(-c2cccc(Cl)c2)c(=O)c1. The van der Waals surface area contributed by atoms with E-state index in [1.807, 2.05) is 18.2 Å². The van der Waals surface area contributed by atoms with Crippen LogP contribution >= 0.6 is 11.6 Å². The smallest absolute Gasteiger partial charge is 0.255 e. The first kappa shape index (κ1) is 18.0. The van der Waals surface area contributed by atoms with E-state index in [0.29, 0.717) is 11.6 Å². The summed E-state index contributed by atoms with van der Waals surface area (Å²) in [6, 6.07) is 10.8. The summed E-state index contributed by atoms with van der Waals surface area (Å²) in [6.07, 6.45) is 1.78. The lowest BCUT2D eigenvalue weighted by Crippen LogP contribution is -2.40. The second kappa shape index (κ2) is 6.63. The van der Waals surface area contributed by atoms with Crippen molar-refractivity contribution in [1.29, 1.82) is 0 Å². The first-order valence-electron chi connectivity index (χ1n) is 7.72. The van der Waals surface area contributed by atoms with Crippen LogP contribution in [0.4, 0.5) is 0 Å². The molecule has 5 heteroatoms. The van der Waals surface area contributed by atoms with Gasteiger partial charge in [-0.25, -0.2) is 0 Å². The van der Waals surface area contributed by atoms with Gasteiger partial charge in [0.1, 0.15) is 0 Å². The molecule has 0 bridgehead atoms. The van der Waals surface area contributed by atoms with Gasteiger partial charge in [0, 0.05) is 17.3 Å². The van der Waals surface area contributed by atoms with Crippen molar-refractivity contribution in [2.75, 3.05) is 0 Å². The highest BCUT2D eigenvalue weighted by molar-refractivity contribution is 6.74. The molecule has 0 saturated carbocycles. The molecule has 0 saturated heterocycles. The Kier molecular flexibility index (Phi) is 5.19. The Morgan fingerprint density at radius 3 is 2.43 bits per heavy atom. The molecular formula is C18H24ClNO2Si. The highest BCUT2D eigenvalue weighted by atomic mass is 35.5.